The van der Waals surface area contributed by atoms with E-state index in [0.29, 0.717) is 33.5 Å². The predicted octanol–water partition coefficient (Wildman–Crippen LogP) is 2.65. The van der Waals surface area contributed by atoms with E-state index in [1.807, 2.05) is 0 Å². The molecule has 2 atom stereocenters. The van der Waals surface area contributed by atoms with Gasteiger partial charge in [0.25, 0.3) is 5.91 Å². The first-order chi connectivity index (χ1) is 13.0. The molecule has 138 valence electrons. The van der Waals surface area contributed by atoms with Crippen molar-refractivity contribution in [3.8, 4) is 11.5 Å². The minimum atomic E-state index is -0.987. The first kappa shape index (κ1) is 17.4. The Morgan fingerprint density at radius 1 is 1.04 bits per heavy atom. The van der Waals surface area contributed by atoms with Crippen molar-refractivity contribution in [3.05, 3.63) is 53.1 Å². The molecule has 27 heavy (non-hydrogen) atoms. The van der Waals surface area contributed by atoms with E-state index in [0.717, 1.165) is 4.90 Å². The van der Waals surface area contributed by atoms with Crippen LogP contribution in [0.4, 0.5) is 5.69 Å². The molecule has 2 heterocycles. The fourth-order valence-electron chi connectivity index (χ4n) is 3.28. The van der Waals surface area contributed by atoms with Gasteiger partial charge in [0.05, 0.1) is 19.9 Å². The molecular formula is C19H15ClN2O5. The maximum atomic E-state index is 13.0. The monoisotopic (exact) mass is 386 g/mol. The van der Waals surface area contributed by atoms with Gasteiger partial charge in [-0.15, -0.1) is 0 Å². The van der Waals surface area contributed by atoms with Gasteiger partial charge in [-0.2, -0.15) is 0 Å². The minimum Gasteiger partial charge on any atom is -0.493 e. The van der Waals surface area contributed by atoms with E-state index in [2.05, 4.69) is 5.16 Å². The lowest BCUT2D eigenvalue weighted by molar-refractivity contribution is -0.126. The normalized spacial score (nSPS) is 21.0. The van der Waals surface area contributed by atoms with Crippen LogP contribution in [-0.4, -0.2) is 37.8 Å². The van der Waals surface area contributed by atoms with Gasteiger partial charge in [-0.05, 0) is 36.4 Å². The maximum Gasteiger partial charge on any atom is 0.278 e. The van der Waals surface area contributed by atoms with E-state index < -0.39 is 23.8 Å². The topological polar surface area (TPSA) is 77.4 Å². The lowest BCUT2D eigenvalue weighted by Crippen LogP contribution is -2.33. The van der Waals surface area contributed by atoms with Crippen LogP contribution in [0.1, 0.15) is 5.56 Å². The van der Waals surface area contributed by atoms with Gasteiger partial charge in [0.1, 0.15) is 11.6 Å². The SMILES string of the molecule is COc1ccc(C2=NOC3C(=O)N(c4cccc(Cl)c4)C(=O)C23)cc1OC. The average molecular weight is 387 g/mol. The molecule has 2 aliphatic heterocycles. The third kappa shape index (κ3) is 2.71. The summed E-state index contributed by atoms with van der Waals surface area (Å²) in [5.74, 6) is -0.657. The van der Waals surface area contributed by atoms with Crippen LogP contribution in [0.25, 0.3) is 0 Å². The summed E-state index contributed by atoms with van der Waals surface area (Å²) in [4.78, 5) is 32.1. The molecule has 0 aliphatic carbocycles. The van der Waals surface area contributed by atoms with Crippen LogP contribution in [0, 0.1) is 5.92 Å². The lowest BCUT2D eigenvalue weighted by Gasteiger charge is -2.16. The molecule has 2 aromatic rings. The van der Waals surface area contributed by atoms with Gasteiger partial charge >= 0.3 is 0 Å². The number of amides is 2. The molecule has 2 aliphatic rings. The highest BCUT2D eigenvalue weighted by molar-refractivity contribution is 6.34. The molecular weight excluding hydrogens is 372 g/mol. The summed E-state index contributed by atoms with van der Waals surface area (Å²) in [6, 6.07) is 11.7. The molecule has 2 amide bonds. The van der Waals surface area contributed by atoms with E-state index >= 15 is 0 Å². The van der Waals surface area contributed by atoms with Gasteiger partial charge in [0, 0.05) is 10.6 Å². The van der Waals surface area contributed by atoms with Gasteiger partial charge < -0.3 is 14.3 Å². The average Bonchev–Trinajstić information content (AvgIpc) is 3.21. The van der Waals surface area contributed by atoms with Crippen molar-refractivity contribution in [1.29, 1.82) is 0 Å². The van der Waals surface area contributed by atoms with Crippen molar-refractivity contribution < 1.29 is 23.9 Å². The molecule has 0 aromatic heterocycles. The molecule has 0 radical (unpaired) electrons. The van der Waals surface area contributed by atoms with Crippen molar-refractivity contribution in [1.82, 2.24) is 0 Å². The molecule has 7 nitrogen and oxygen atoms in total. The number of halogens is 1. The van der Waals surface area contributed by atoms with Crippen LogP contribution in [0.3, 0.4) is 0 Å². The standard InChI is InChI=1S/C19H15ClN2O5/c1-25-13-7-6-10(8-14(13)26-2)16-15-17(27-21-16)19(24)22(18(15)23)12-5-3-4-11(20)9-12/h3-9,15,17H,1-2H3. The predicted molar refractivity (Wildman–Crippen MR) is 98.4 cm³/mol. The molecule has 1 saturated heterocycles. The van der Waals surface area contributed by atoms with E-state index in [1.165, 1.54) is 14.2 Å². The Kier molecular flexibility index (Phi) is 4.24. The highest BCUT2D eigenvalue weighted by Gasteiger charge is 2.56. The molecule has 0 spiro atoms. The smallest absolute Gasteiger partial charge is 0.278 e. The second-order valence-electron chi connectivity index (χ2n) is 6.04. The second-order valence-corrected chi connectivity index (χ2v) is 6.48. The highest BCUT2D eigenvalue weighted by Crippen LogP contribution is 2.37. The van der Waals surface area contributed by atoms with Gasteiger partial charge in [0.15, 0.2) is 11.5 Å². The number of carbonyl (C=O) groups excluding carboxylic acids is 2. The summed E-state index contributed by atoms with van der Waals surface area (Å²) >= 11 is 6.00. The third-order valence-electron chi connectivity index (χ3n) is 4.56. The molecule has 4 rings (SSSR count). The van der Waals surface area contributed by atoms with E-state index in [1.54, 1.807) is 42.5 Å². The van der Waals surface area contributed by atoms with Gasteiger partial charge in [-0.1, -0.05) is 22.8 Å². The zero-order valence-electron chi connectivity index (χ0n) is 14.5. The zero-order valence-corrected chi connectivity index (χ0v) is 15.3. The van der Waals surface area contributed by atoms with Gasteiger partial charge in [-0.3, -0.25) is 9.59 Å². The van der Waals surface area contributed by atoms with Crippen LogP contribution >= 0.6 is 11.6 Å². The summed E-state index contributed by atoms with van der Waals surface area (Å²) in [6.45, 7) is 0. The van der Waals surface area contributed by atoms with E-state index in [-0.39, 0.29) is 0 Å². The second kappa shape index (κ2) is 6.59. The zero-order chi connectivity index (χ0) is 19.1. The van der Waals surface area contributed by atoms with Crippen molar-refractivity contribution in [2.75, 3.05) is 19.1 Å². The molecule has 2 unspecified atom stereocenters. The molecule has 0 N–H and O–H groups in total. The number of nitrogens with zero attached hydrogens (tertiary/aromatic N) is 2. The summed E-state index contributed by atoms with van der Waals surface area (Å²) in [6.07, 6.45) is -0.987. The van der Waals surface area contributed by atoms with Crippen molar-refractivity contribution >= 4 is 34.8 Å². The quantitative estimate of drug-likeness (QED) is 0.755. The van der Waals surface area contributed by atoms with E-state index in [4.69, 9.17) is 25.9 Å². The van der Waals surface area contributed by atoms with Crippen LogP contribution in [0.2, 0.25) is 5.02 Å². The summed E-state index contributed by atoms with van der Waals surface area (Å²) < 4.78 is 10.5. The summed E-state index contributed by atoms with van der Waals surface area (Å²) in [7, 11) is 3.05. The fraction of sp³-hybridized carbons (Fsp3) is 0.211. The molecule has 1 fully saturated rings. The molecule has 2 aromatic carbocycles. The number of rotatable bonds is 4. The maximum absolute atomic E-state index is 13.0. The number of anilines is 1. The van der Waals surface area contributed by atoms with E-state index in [9.17, 15) is 9.59 Å². The molecule has 8 heteroatoms. The van der Waals surface area contributed by atoms with Crippen molar-refractivity contribution in [2.24, 2.45) is 11.1 Å². The number of imide groups is 1. The first-order valence-corrected chi connectivity index (χ1v) is 8.52. The summed E-state index contributed by atoms with van der Waals surface area (Å²) in [5, 5.41) is 4.42. The number of hydrogen-bond donors (Lipinski definition) is 0. The Labute approximate surface area is 160 Å². The van der Waals surface area contributed by atoms with Crippen LogP contribution in [0.15, 0.2) is 47.6 Å². The third-order valence-corrected chi connectivity index (χ3v) is 4.79. The Bertz CT molecular complexity index is 974. The number of hydrogen-bond acceptors (Lipinski definition) is 6. The van der Waals surface area contributed by atoms with Crippen molar-refractivity contribution in [3.63, 3.8) is 0 Å². The number of oxime groups is 1. The Hall–Kier alpha value is -3.06. The largest absolute Gasteiger partial charge is 0.493 e. The first-order valence-electron chi connectivity index (χ1n) is 8.14. The highest BCUT2D eigenvalue weighted by atomic mass is 35.5. The number of benzene rings is 2. The van der Waals surface area contributed by atoms with Crippen LogP contribution in [0.5, 0.6) is 11.5 Å². The Balaban J connectivity index is 1.70. The van der Waals surface area contributed by atoms with Crippen LogP contribution < -0.4 is 14.4 Å². The number of fused-ring (bicyclic) bond motifs is 1. The van der Waals surface area contributed by atoms with Gasteiger partial charge in [-0.25, -0.2) is 4.90 Å². The molecule has 0 bridgehead atoms. The summed E-state index contributed by atoms with van der Waals surface area (Å²) in [5.41, 5.74) is 1.40. The number of ether oxygens (including phenoxy) is 2. The lowest BCUT2D eigenvalue weighted by atomic mass is 9.94. The Morgan fingerprint density at radius 2 is 1.81 bits per heavy atom. The molecule has 0 saturated carbocycles. The number of carbonyl (C=O) groups is 2. The number of methoxy groups -OCH3 is 2. The minimum absolute atomic E-state index is 0.379. The van der Waals surface area contributed by atoms with Gasteiger partial charge in [0.2, 0.25) is 12.0 Å². The fourth-order valence-corrected chi connectivity index (χ4v) is 3.47. The van der Waals surface area contributed by atoms with Crippen LogP contribution in [-0.2, 0) is 14.4 Å². The van der Waals surface area contributed by atoms with Crippen molar-refractivity contribution in [2.45, 2.75) is 6.10 Å². The Morgan fingerprint density at radius 3 is 2.52 bits per heavy atom.